The zero-order valence-corrected chi connectivity index (χ0v) is 14.7. The highest BCUT2D eigenvalue weighted by molar-refractivity contribution is 5.85. The largest absolute Gasteiger partial charge is 0.370 e. The zero-order chi connectivity index (χ0) is 18.7. The van der Waals surface area contributed by atoms with Crippen LogP contribution in [0.25, 0.3) is 0 Å². The molecule has 0 spiro atoms. The second-order valence-corrected chi connectivity index (χ2v) is 7.00. The molecule has 8 heteroatoms. The Balaban J connectivity index is 1.80. The topological polar surface area (TPSA) is 116 Å². The van der Waals surface area contributed by atoms with Crippen molar-refractivity contribution in [1.29, 1.82) is 5.26 Å². The molecule has 0 radical (unpaired) electrons. The normalized spacial score (nSPS) is 20.3. The van der Waals surface area contributed by atoms with Crippen molar-refractivity contribution < 1.29 is 9.72 Å². The third-order valence-corrected chi connectivity index (χ3v) is 5.66. The van der Waals surface area contributed by atoms with Crippen LogP contribution in [0.2, 0.25) is 0 Å². The summed E-state index contributed by atoms with van der Waals surface area (Å²) in [4.78, 5) is 27.0. The Bertz CT molecular complexity index is 744. The van der Waals surface area contributed by atoms with Gasteiger partial charge in [-0.1, -0.05) is 6.42 Å². The van der Waals surface area contributed by atoms with E-state index in [-0.39, 0.29) is 17.2 Å². The summed E-state index contributed by atoms with van der Waals surface area (Å²) in [5, 5.41) is 20.3. The van der Waals surface area contributed by atoms with Gasteiger partial charge < -0.3 is 10.6 Å². The fourth-order valence-electron chi connectivity index (χ4n) is 4.16. The van der Waals surface area contributed by atoms with Crippen LogP contribution in [0, 0.1) is 21.4 Å². The van der Waals surface area contributed by atoms with Gasteiger partial charge in [-0.2, -0.15) is 5.26 Å². The molecule has 0 bridgehead atoms. The number of benzene rings is 1. The summed E-state index contributed by atoms with van der Waals surface area (Å²) in [6, 6.07) is 6.38. The van der Waals surface area contributed by atoms with Gasteiger partial charge in [-0.25, -0.2) is 0 Å². The third kappa shape index (κ3) is 3.22. The molecule has 0 aliphatic carbocycles. The number of rotatable bonds is 4. The van der Waals surface area contributed by atoms with Gasteiger partial charge in [0.25, 0.3) is 5.69 Å². The van der Waals surface area contributed by atoms with E-state index in [1.165, 1.54) is 18.6 Å². The molecule has 2 saturated heterocycles. The second-order valence-electron chi connectivity index (χ2n) is 7.00. The average Bonchev–Trinajstić information content (AvgIpc) is 2.68. The molecular weight excluding hydrogens is 334 g/mol. The minimum atomic E-state index is -0.621. The lowest BCUT2D eigenvalue weighted by molar-refractivity contribution is -0.384. The number of nitro groups is 1. The van der Waals surface area contributed by atoms with E-state index in [1.54, 1.807) is 6.07 Å². The van der Waals surface area contributed by atoms with Gasteiger partial charge in [0, 0.05) is 25.2 Å². The number of hydrogen-bond acceptors (Lipinski definition) is 6. The van der Waals surface area contributed by atoms with Crippen LogP contribution < -0.4 is 10.6 Å². The van der Waals surface area contributed by atoms with Crippen LogP contribution in [0.1, 0.15) is 37.7 Å². The zero-order valence-electron chi connectivity index (χ0n) is 14.7. The van der Waals surface area contributed by atoms with E-state index < -0.39 is 10.5 Å². The minimum absolute atomic E-state index is 0.0953. The first-order chi connectivity index (χ1) is 12.5. The Kier molecular flexibility index (Phi) is 5.09. The Morgan fingerprint density at radius 1 is 1.19 bits per heavy atom. The maximum Gasteiger partial charge on any atom is 0.270 e. The van der Waals surface area contributed by atoms with Gasteiger partial charge in [0.05, 0.1) is 16.2 Å². The summed E-state index contributed by atoms with van der Waals surface area (Å²) < 4.78 is 0. The highest BCUT2D eigenvalue weighted by Crippen LogP contribution is 2.35. The fraction of sp³-hybridized carbons (Fsp3) is 0.556. The average molecular weight is 357 g/mol. The molecule has 8 nitrogen and oxygen atoms in total. The predicted molar refractivity (Wildman–Crippen MR) is 96.6 cm³/mol. The van der Waals surface area contributed by atoms with E-state index in [2.05, 4.69) is 4.90 Å². The highest BCUT2D eigenvalue weighted by atomic mass is 16.6. The SMILES string of the molecule is N#Cc1cc([N+](=O)[O-])ccc1N1CCC(C(N)=O)(N2CCCCC2)CC1. The first kappa shape index (κ1) is 18.1. The number of nitriles is 1. The summed E-state index contributed by atoms with van der Waals surface area (Å²) in [5.74, 6) is -0.275. The standard InChI is InChI=1S/C18H23N5O3/c19-13-14-12-15(23(25)26)4-5-16(14)21-10-6-18(7-11-21,17(20)24)22-8-2-1-3-9-22/h4-5,12H,1-3,6-11H2,(H2,20,24). The van der Waals surface area contributed by atoms with Crippen molar-refractivity contribution in [2.24, 2.45) is 5.73 Å². The second kappa shape index (κ2) is 7.30. The van der Waals surface area contributed by atoms with E-state index in [9.17, 15) is 20.2 Å². The fourth-order valence-corrected chi connectivity index (χ4v) is 4.16. The summed E-state index contributed by atoms with van der Waals surface area (Å²) in [7, 11) is 0. The third-order valence-electron chi connectivity index (χ3n) is 5.66. The van der Waals surface area contributed by atoms with E-state index in [0.29, 0.717) is 31.6 Å². The summed E-state index contributed by atoms with van der Waals surface area (Å²) in [5.41, 5.74) is 6.04. The molecule has 1 aromatic carbocycles. The molecule has 0 atom stereocenters. The predicted octanol–water partition coefficient (Wildman–Crippen LogP) is 1.78. The lowest BCUT2D eigenvalue weighted by Crippen LogP contribution is -2.63. The van der Waals surface area contributed by atoms with Crippen molar-refractivity contribution >= 4 is 17.3 Å². The highest BCUT2D eigenvalue weighted by Gasteiger charge is 2.45. The lowest BCUT2D eigenvalue weighted by Gasteiger charge is -2.48. The quantitative estimate of drug-likeness (QED) is 0.648. The molecule has 2 aliphatic heterocycles. The molecule has 2 aliphatic rings. The van der Waals surface area contributed by atoms with Crippen molar-refractivity contribution in [3.05, 3.63) is 33.9 Å². The smallest absolute Gasteiger partial charge is 0.270 e. The number of carbonyl (C=O) groups is 1. The Morgan fingerprint density at radius 2 is 1.85 bits per heavy atom. The van der Waals surface area contributed by atoms with Crippen molar-refractivity contribution in [3.8, 4) is 6.07 Å². The number of nitrogens with two attached hydrogens (primary N) is 1. The Labute approximate surface area is 152 Å². The van der Waals surface area contributed by atoms with Gasteiger partial charge >= 0.3 is 0 Å². The number of amides is 1. The molecular formula is C18H23N5O3. The van der Waals surface area contributed by atoms with Gasteiger partial charge in [0.1, 0.15) is 11.6 Å². The lowest BCUT2D eigenvalue weighted by atomic mass is 9.83. The van der Waals surface area contributed by atoms with Crippen molar-refractivity contribution in [2.45, 2.75) is 37.6 Å². The van der Waals surface area contributed by atoms with Crippen LogP contribution >= 0.6 is 0 Å². The monoisotopic (exact) mass is 357 g/mol. The van der Waals surface area contributed by atoms with Crippen molar-refractivity contribution in [1.82, 2.24) is 4.90 Å². The number of piperidine rings is 2. The van der Waals surface area contributed by atoms with E-state index in [4.69, 9.17) is 5.73 Å². The Morgan fingerprint density at radius 3 is 2.38 bits per heavy atom. The molecule has 3 rings (SSSR count). The molecule has 0 unspecified atom stereocenters. The molecule has 0 saturated carbocycles. The molecule has 26 heavy (non-hydrogen) atoms. The van der Waals surface area contributed by atoms with Crippen LogP contribution in [-0.2, 0) is 4.79 Å². The number of anilines is 1. The van der Waals surface area contributed by atoms with Crippen molar-refractivity contribution in [2.75, 3.05) is 31.1 Å². The van der Waals surface area contributed by atoms with Crippen LogP contribution in [0.15, 0.2) is 18.2 Å². The number of likely N-dealkylation sites (tertiary alicyclic amines) is 1. The number of hydrogen-bond donors (Lipinski definition) is 1. The number of non-ortho nitro benzene ring substituents is 1. The maximum atomic E-state index is 12.3. The van der Waals surface area contributed by atoms with E-state index in [0.717, 1.165) is 25.9 Å². The van der Waals surface area contributed by atoms with Crippen LogP contribution in [-0.4, -0.2) is 47.4 Å². The number of carbonyl (C=O) groups excluding carboxylic acids is 1. The van der Waals surface area contributed by atoms with E-state index in [1.807, 2.05) is 11.0 Å². The van der Waals surface area contributed by atoms with Crippen LogP contribution in [0.4, 0.5) is 11.4 Å². The minimum Gasteiger partial charge on any atom is -0.370 e. The van der Waals surface area contributed by atoms with Gasteiger partial charge in [0.2, 0.25) is 5.91 Å². The first-order valence-corrected chi connectivity index (χ1v) is 8.96. The molecule has 1 aromatic rings. The molecule has 0 aromatic heterocycles. The maximum absolute atomic E-state index is 12.3. The molecule has 2 heterocycles. The van der Waals surface area contributed by atoms with Gasteiger partial charge in [0.15, 0.2) is 0 Å². The van der Waals surface area contributed by atoms with Crippen LogP contribution in [0.5, 0.6) is 0 Å². The number of primary amides is 1. The molecule has 2 N–H and O–H groups in total. The molecule has 138 valence electrons. The van der Waals surface area contributed by atoms with Crippen molar-refractivity contribution in [3.63, 3.8) is 0 Å². The Hall–Kier alpha value is -2.66. The van der Waals surface area contributed by atoms with E-state index >= 15 is 0 Å². The van der Waals surface area contributed by atoms with Gasteiger partial charge in [-0.15, -0.1) is 0 Å². The summed E-state index contributed by atoms with van der Waals surface area (Å²) in [6.45, 7) is 2.96. The molecule has 2 fully saturated rings. The van der Waals surface area contributed by atoms with Gasteiger partial charge in [-0.05, 0) is 44.8 Å². The number of nitro benzene ring substituents is 1. The van der Waals surface area contributed by atoms with Gasteiger partial charge in [-0.3, -0.25) is 19.8 Å². The molecule has 1 amide bonds. The first-order valence-electron chi connectivity index (χ1n) is 8.96. The summed E-state index contributed by atoms with van der Waals surface area (Å²) in [6.07, 6.45) is 4.56. The van der Waals surface area contributed by atoms with Crippen LogP contribution in [0.3, 0.4) is 0 Å². The number of nitrogens with zero attached hydrogens (tertiary/aromatic N) is 4. The summed E-state index contributed by atoms with van der Waals surface area (Å²) >= 11 is 0.